The fraction of sp³-hybridized carbons (Fsp3) is 0.0526. The summed E-state index contributed by atoms with van der Waals surface area (Å²) in [6.07, 6.45) is 3.39. The van der Waals surface area contributed by atoms with E-state index in [0.29, 0.717) is 11.5 Å². The Labute approximate surface area is 160 Å². The van der Waals surface area contributed by atoms with Gasteiger partial charge >= 0.3 is 0 Å². The van der Waals surface area contributed by atoms with Crippen LogP contribution in [-0.2, 0) is 10.0 Å². The monoisotopic (exact) mass is 430 g/mol. The molecule has 0 spiro atoms. The molecule has 4 rings (SSSR count). The van der Waals surface area contributed by atoms with Crippen LogP contribution >= 0.6 is 15.9 Å². The molecule has 0 saturated heterocycles. The predicted octanol–water partition coefficient (Wildman–Crippen LogP) is 4.33. The van der Waals surface area contributed by atoms with Gasteiger partial charge in [-0.1, -0.05) is 50.7 Å². The van der Waals surface area contributed by atoms with E-state index in [9.17, 15) is 8.42 Å². The molecule has 0 saturated carbocycles. The Hall–Kier alpha value is -2.35. The molecule has 1 aromatic heterocycles. The summed E-state index contributed by atoms with van der Waals surface area (Å²) in [4.78, 5) is 0.217. The van der Waals surface area contributed by atoms with Crippen LogP contribution in [0.25, 0.3) is 5.70 Å². The third-order valence-electron chi connectivity index (χ3n) is 4.10. The molecule has 1 aliphatic rings. The van der Waals surface area contributed by atoms with E-state index in [0.717, 1.165) is 10.0 Å². The summed E-state index contributed by atoms with van der Waals surface area (Å²) >= 11 is 3.41. The smallest absolute Gasteiger partial charge is 0.260 e. The van der Waals surface area contributed by atoms with Crippen molar-refractivity contribution in [3.8, 4) is 0 Å². The fourth-order valence-corrected chi connectivity index (χ4v) is 4.49. The lowest BCUT2D eigenvalue weighted by molar-refractivity contribution is 0.310. The summed E-state index contributed by atoms with van der Waals surface area (Å²) in [6, 6.07) is 18.9. The molecule has 1 N–H and O–H groups in total. The first kappa shape index (κ1) is 17.1. The number of furan rings is 1. The minimum atomic E-state index is -3.76. The standard InChI is InChI=1S/C19H15BrN2O3S/c20-15-10-8-14(9-11-15)17-13-18(19-7-4-12-25-19)22(21-17)26(23,24)16-5-2-1-3-6-16/h1-13,18,21H/t18-/m0/s1. The van der Waals surface area contributed by atoms with Crippen LogP contribution in [0.4, 0.5) is 0 Å². The van der Waals surface area contributed by atoms with E-state index in [2.05, 4.69) is 21.4 Å². The normalized spacial score (nSPS) is 17.7. The van der Waals surface area contributed by atoms with Crippen LogP contribution < -0.4 is 5.43 Å². The van der Waals surface area contributed by atoms with Crippen LogP contribution in [-0.4, -0.2) is 12.8 Å². The average Bonchev–Trinajstić information content (AvgIpc) is 3.33. The molecule has 0 amide bonds. The Morgan fingerprint density at radius 1 is 0.962 bits per heavy atom. The van der Waals surface area contributed by atoms with Crippen molar-refractivity contribution in [1.29, 1.82) is 0 Å². The van der Waals surface area contributed by atoms with Crippen molar-refractivity contribution in [2.75, 3.05) is 0 Å². The topological polar surface area (TPSA) is 62.6 Å². The third kappa shape index (κ3) is 3.09. The zero-order valence-electron chi connectivity index (χ0n) is 13.5. The van der Waals surface area contributed by atoms with Gasteiger partial charge in [0.25, 0.3) is 10.0 Å². The summed E-state index contributed by atoms with van der Waals surface area (Å²) < 4.78 is 34.0. The molecule has 0 unspecified atom stereocenters. The maximum Gasteiger partial charge on any atom is 0.260 e. The van der Waals surface area contributed by atoms with E-state index in [4.69, 9.17) is 4.42 Å². The van der Waals surface area contributed by atoms with Gasteiger partial charge in [0.1, 0.15) is 11.8 Å². The molecule has 0 bridgehead atoms. The summed E-state index contributed by atoms with van der Waals surface area (Å²) in [7, 11) is -3.76. The molecule has 5 nitrogen and oxygen atoms in total. The molecule has 1 aliphatic heterocycles. The SMILES string of the molecule is O=S(=O)(c1ccccc1)N1NC(c2ccc(Br)cc2)=C[C@H]1c1ccco1. The molecule has 26 heavy (non-hydrogen) atoms. The van der Waals surface area contributed by atoms with Crippen molar-refractivity contribution < 1.29 is 12.8 Å². The summed E-state index contributed by atoms with van der Waals surface area (Å²) in [6.45, 7) is 0. The summed E-state index contributed by atoms with van der Waals surface area (Å²) in [5, 5.41) is 0. The quantitative estimate of drug-likeness (QED) is 0.668. The van der Waals surface area contributed by atoms with Crippen molar-refractivity contribution in [3.05, 3.63) is 94.9 Å². The lowest BCUT2D eigenvalue weighted by Gasteiger charge is -2.23. The predicted molar refractivity (Wildman–Crippen MR) is 102 cm³/mol. The molecule has 2 heterocycles. The van der Waals surface area contributed by atoms with Gasteiger partial charge in [-0.2, -0.15) is 0 Å². The van der Waals surface area contributed by atoms with E-state index in [1.165, 1.54) is 10.7 Å². The second-order valence-electron chi connectivity index (χ2n) is 5.77. The van der Waals surface area contributed by atoms with Crippen molar-refractivity contribution in [2.45, 2.75) is 10.9 Å². The van der Waals surface area contributed by atoms with Crippen molar-refractivity contribution in [2.24, 2.45) is 0 Å². The number of halogens is 1. The summed E-state index contributed by atoms with van der Waals surface area (Å²) in [5.74, 6) is 0.545. The molecule has 7 heteroatoms. The second-order valence-corrected chi connectivity index (χ2v) is 8.50. The lowest BCUT2D eigenvalue weighted by atomic mass is 10.1. The minimum Gasteiger partial charge on any atom is -0.467 e. The van der Waals surface area contributed by atoms with Crippen LogP contribution in [0, 0.1) is 0 Å². The molecular weight excluding hydrogens is 416 g/mol. The van der Waals surface area contributed by atoms with Crippen LogP contribution in [0.5, 0.6) is 0 Å². The van der Waals surface area contributed by atoms with E-state index < -0.39 is 16.1 Å². The second kappa shape index (κ2) is 6.75. The minimum absolute atomic E-state index is 0.217. The number of nitrogens with one attached hydrogen (secondary N) is 1. The molecule has 0 fully saturated rings. The maximum atomic E-state index is 13.2. The van der Waals surface area contributed by atoms with Gasteiger partial charge in [-0.3, -0.25) is 0 Å². The highest BCUT2D eigenvalue weighted by Gasteiger charge is 2.38. The van der Waals surface area contributed by atoms with Gasteiger partial charge in [0.2, 0.25) is 0 Å². The highest BCUT2D eigenvalue weighted by atomic mass is 79.9. The number of rotatable bonds is 4. The van der Waals surface area contributed by atoms with Crippen molar-refractivity contribution in [1.82, 2.24) is 9.84 Å². The number of nitrogens with zero attached hydrogens (tertiary/aromatic N) is 1. The Kier molecular flexibility index (Phi) is 4.44. The van der Waals surface area contributed by atoms with Gasteiger partial charge < -0.3 is 9.84 Å². The first-order valence-electron chi connectivity index (χ1n) is 7.93. The number of hydrogen-bond donors (Lipinski definition) is 1. The molecule has 3 aromatic rings. The van der Waals surface area contributed by atoms with Gasteiger partial charge in [-0.05, 0) is 48.0 Å². The third-order valence-corrected chi connectivity index (χ3v) is 6.33. The van der Waals surface area contributed by atoms with E-state index in [-0.39, 0.29) is 4.90 Å². The molecule has 132 valence electrons. The number of benzene rings is 2. The zero-order valence-corrected chi connectivity index (χ0v) is 15.9. The first-order valence-corrected chi connectivity index (χ1v) is 10.2. The Bertz CT molecular complexity index is 1030. The molecular formula is C19H15BrN2O3S. The highest BCUT2D eigenvalue weighted by Crippen LogP contribution is 2.35. The van der Waals surface area contributed by atoms with E-state index in [1.807, 2.05) is 30.3 Å². The van der Waals surface area contributed by atoms with Gasteiger partial charge in [0.15, 0.2) is 0 Å². The molecule has 0 radical (unpaired) electrons. The maximum absolute atomic E-state index is 13.2. The van der Waals surface area contributed by atoms with Crippen LogP contribution in [0.3, 0.4) is 0 Å². The Morgan fingerprint density at radius 2 is 1.69 bits per heavy atom. The van der Waals surface area contributed by atoms with Gasteiger partial charge in [-0.25, -0.2) is 8.42 Å². The van der Waals surface area contributed by atoms with Gasteiger partial charge in [0, 0.05) is 4.47 Å². The Balaban J connectivity index is 1.76. The van der Waals surface area contributed by atoms with E-state index >= 15 is 0 Å². The average molecular weight is 431 g/mol. The zero-order chi connectivity index (χ0) is 18.1. The molecule has 1 atom stereocenters. The van der Waals surface area contributed by atoms with Gasteiger partial charge in [-0.15, -0.1) is 0 Å². The highest BCUT2D eigenvalue weighted by molar-refractivity contribution is 9.10. The van der Waals surface area contributed by atoms with E-state index in [1.54, 1.807) is 42.5 Å². The first-order chi connectivity index (χ1) is 12.6. The number of hydrogen-bond acceptors (Lipinski definition) is 4. The molecule has 2 aromatic carbocycles. The van der Waals surface area contributed by atoms with Crippen LogP contribution in [0.2, 0.25) is 0 Å². The lowest BCUT2D eigenvalue weighted by Crippen LogP contribution is -2.39. The van der Waals surface area contributed by atoms with Crippen molar-refractivity contribution in [3.63, 3.8) is 0 Å². The van der Waals surface area contributed by atoms with Crippen molar-refractivity contribution >= 4 is 31.7 Å². The number of sulfonamides is 1. The van der Waals surface area contributed by atoms with Crippen LogP contribution in [0.15, 0.2) is 92.9 Å². The van der Waals surface area contributed by atoms with Crippen LogP contribution in [0.1, 0.15) is 17.4 Å². The summed E-state index contributed by atoms with van der Waals surface area (Å²) in [5.41, 5.74) is 4.63. The largest absolute Gasteiger partial charge is 0.467 e. The fourth-order valence-electron chi connectivity index (χ4n) is 2.81. The Morgan fingerprint density at radius 3 is 2.35 bits per heavy atom. The number of hydrazine groups is 1. The molecule has 0 aliphatic carbocycles. The van der Waals surface area contributed by atoms with Gasteiger partial charge in [0.05, 0.1) is 16.9 Å².